The van der Waals surface area contributed by atoms with Crippen molar-refractivity contribution < 1.29 is 18.7 Å². The summed E-state index contributed by atoms with van der Waals surface area (Å²) >= 11 is 0. The average molecular weight is 382 g/mol. The molecule has 3 aromatic rings. The van der Waals surface area contributed by atoms with E-state index in [0.29, 0.717) is 17.2 Å². The van der Waals surface area contributed by atoms with Crippen LogP contribution in [-0.4, -0.2) is 26.5 Å². The Hall–Kier alpha value is -3.41. The molecule has 2 N–H and O–H groups in total. The number of rotatable bonds is 5. The molecular weight excluding hydrogens is 356 g/mol. The number of hydrogen-bond donors (Lipinski definition) is 1. The minimum absolute atomic E-state index is 0.546. The van der Waals surface area contributed by atoms with E-state index in [1.807, 2.05) is 12.1 Å². The molecule has 148 valence electrons. The van der Waals surface area contributed by atoms with Crippen LogP contribution in [0.3, 0.4) is 0 Å². The van der Waals surface area contributed by atoms with Crippen molar-refractivity contribution in [1.82, 2.24) is 5.16 Å². The molecule has 0 aliphatic rings. The first-order chi connectivity index (χ1) is 13.5. The van der Waals surface area contributed by atoms with E-state index in [-0.39, 0.29) is 0 Å². The molecule has 0 saturated heterocycles. The number of ether oxygens (including phenoxy) is 3. The van der Waals surface area contributed by atoms with Gasteiger partial charge in [-0.1, -0.05) is 29.9 Å². The van der Waals surface area contributed by atoms with Gasteiger partial charge in [-0.25, -0.2) is 0 Å². The quantitative estimate of drug-likeness (QED) is 0.686. The second-order valence-electron chi connectivity index (χ2n) is 6.03. The Morgan fingerprint density at radius 3 is 2.04 bits per heavy atom. The van der Waals surface area contributed by atoms with Crippen molar-refractivity contribution in [3.05, 3.63) is 60.5 Å². The van der Waals surface area contributed by atoms with E-state index in [2.05, 4.69) is 49.5 Å². The molecule has 0 aliphatic heterocycles. The summed E-state index contributed by atoms with van der Waals surface area (Å²) in [4.78, 5) is 0. The van der Waals surface area contributed by atoms with E-state index >= 15 is 0 Å². The molecule has 0 atom stereocenters. The number of aromatic nitrogens is 1. The summed E-state index contributed by atoms with van der Waals surface area (Å²) in [6.07, 6.45) is 2.91. The van der Waals surface area contributed by atoms with Gasteiger partial charge in [-0.15, -0.1) is 0 Å². The highest BCUT2D eigenvalue weighted by atomic mass is 16.5. The molecule has 0 radical (unpaired) electrons. The predicted octanol–water partition coefficient (Wildman–Crippen LogP) is 4.74. The third kappa shape index (κ3) is 4.28. The molecule has 1 aromatic heterocycles. The van der Waals surface area contributed by atoms with Crippen LogP contribution >= 0.6 is 0 Å². The smallest absolute Gasteiger partial charge is 0.203 e. The van der Waals surface area contributed by atoms with Crippen molar-refractivity contribution in [2.24, 2.45) is 5.73 Å². The maximum absolute atomic E-state index is 5.43. The van der Waals surface area contributed by atoms with Gasteiger partial charge in [0.15, 0.2) is 11.5 Å². The third-order valence-electron chi connectivity index (χ3n) is 4.33. The number of benzene rings is 2. The Kier molecular flexibility index (Phi) is 7.09. The lowest BCUT2D eigenvalue weighted by molar-refractivity contribution is 0.324. The fourth-order valence-corrected chi connectivity index (χ4v) is 2.78. The molecule has 6 nitrogen and oxygen atoms in total. The lowest BCUT2D eigenvalue weighted by Crippen LogP contribution is -1.96. The fourth-order valence-electron chi connectivity index (χ4n) is 2.78. The number of nitrogens with two attached hydrogens (primary N) is 1. The Balaban J connectivity index is 0.000000878. The minimum atomic E-state index is 0.546. The van der Waals surface area contributed by atoms with E-state index in [0.717, 1.165) is 22.4 Å². The van der Waals surface area contributed by atoms with Crippen LogP contribution in [0.5, 0.6) is 17.2 Å². The van der Waals surface area contributed by atoms with E-state index in [1.54, 1.807) is 27.6 Å². The zero-order valence-electron chi connectivity index (χ0n) is 16.9. The maximum atomic E-state index is 5.43. The topological polar surface area (TPSA) is 79.7 Å². The summed E-state index contributed by atoms with van der Waals surface area (Å²) in [5.41, 5.74) is 10.6. The predicted molar refractivity (Wildman–Crippen MR) is 111 cm³/mol. The molecule has 0 fully saturated rings. The van der Waals surface area contributed by atoms with Gasteiger partial charge in [0.25, 0.3) is 0 Å². The largest absolute Gasteiger partial charge is 0.493 e. The van der Waals surface area contributed by atoms with E-state index < -0.39 is 0 Å². The van der Waals surface area contributed by atoms with E-state index in [4.69, 9.17) is 18.7 Å². The van der Waals surface area contributed by atoms with Gasteiger partial charge >= 0.3 is 0 Å². The molecule has 3 rings (SSSR count). The lowest BCUT2D eigenvalue weighted by atomic mass is 9.98. The van der Waals surface area contributed by atoms with E-state index in [1.165, 1.54) is 17.3 Å². The highest BCUT2D eigenvalue weighted by molar-refractivity contribution is 5.82. The molecule has 0 spiro atoms. The maximum Gasteiger partial charge on any atom is 0.203 e. The number of hydrogen-bond acceptors (Lipinski definition) is 6. The van der Waals surface area contributed by atoms with Gasteiger partial charge in [0, 0.05) is 11.1 Å². The van der Waals surface area contributed by atoms with Crippen LogP contribution in [0.2, 0.25) is 0 Å². The van der Waals surface area contributed by atoms with Gasteiger partial charge in [-0.3, -0.25) is 0 Å². The summed E-state index contributed by atoms with van der Waals surface area (Å²) in [6.45, 7) is 7.32. The van der Waals surface area contributed by atoms with Crippen LogP contribution in [-0.2, 0) is 0 Å². The van der Waals surface area contributed by atoms with Gasteiger partial charge in [0.05, 0.1) is 21.3 Å². The first kappa shape index (κ1) is 20.9. The van der Waals surface area contributed by atoms with Crippen LogP contribution in [0.15, 0.2) is 53.9 Å². The molecule has 1 heterocycles. The summed E-state index contributed by atoms with van der Waals surface area (Å²) in [5, 5.41) is 4.19. The van der Waals surface area contributed by atoms with Crippen LogP contribution in [0.25, 0.3) is 22.4 Å². The zero-order chi connectivity index (χ0) is 20.7. The summed E-state index contributed by atoms with van der Waals surface area (Å²) in [7, 11) is 4.76. The van der Waals surface area contributed by atoms with Gasteiger partial charge in [0.2, 0.25) is 5.75 Å². The SMILES string of the molecule is C=CN.COc1cc(-c2nocc2-c2ccc(C)c(C)c2)cc(OC)c1OC. The van der Waals surface area contributed by atoms with Gasteiger partial charge in [-0.2, -0.15) is 0 Å². The van der Waals surface area contributed by atoms with Gasteiger partial charge < -0.3 is 24.5 Å². The highest BCUT2D eigenvalue weighted by Gasteiger charge is 2.19. The van der Waals surface area contributed by atoms with Crippen molar-refractivity contribution in [3.63, 3.8) is 0 Å². The van der Waals surface area contributed by atoms with Crippen molar-refractivity contribution in [1.29, 1.82) is 0 Å². The van der Waals surface area contributed by atoms with Crippen LogP contribution < -0.4 is 19.9 Å². The van der Waals surface area contributed by atoms with E-state index in [9.17, 15) is 0 Å². The third-order valence-corrected chi connectivity index (χ3v) is 4.33. The summed E-state index contributed by atoms with van der Waals surface area (Å²) in [5.74, 6) is 1.70. The van der Waals surface area contributed by atoms with Crippen molar-refractivity contribution >= 4 is 0 Å². The van der Waals surface area contributed by atoms with Crippen molar-refractivity contribution in [3.8, 4) is 39.6 Å². The molecular formula is C22H26N2O4. The second kappa shape index (κ2) is 9.50. The monoisotopic (exact) mass is 382 g/mol. The number of nitrogens with zero attached hydrogens (tertiary/aromatic N) is 1. The van der Waals surface area contributed by atoms with Crippen LogP contribution in [0, 0.1) is 13.8 Å². The van der Waals surface area contributed by atoms with Crippen molar-refractivity contribution in [2.45, 2.75) is 13.8 Å². The van der Waals surface area contributed by atoms with Crippen LogP contribution in [0.1, 0.15) is 11.1 Å². The van der Waals surface area contributed by atoms with Gasteiger partial charge in [0.1, 0.15) is 12.0 Å². The second-order valence-corrected chi connectivity index (χ2v) is 6.03. The standard InChI is InChI=1S/C20H21NO4.C2H5N/c1-12-6-7-14(8-13(12)2)16-11-25-21-19(16)15-9-17(22-3)20(24-5)18(10-15)23-4;1-2-3/h6-11H,1-5H3;2H,1,3H2. The Morgan fingerprint density at radius 1 is 0.929 bits per heavy atom. The first-order valence-electron chi connectivity index (χ1n) is 8.65. The van der Waals surface area contributed by atoms with Crippen molar-refractivity contribution in [2.75, 3.05) is 21.3 Å². The molecule has 0 amide bonds. The number of aryl methyl sites for hydroxylation is 2. The molecule has 0 bridgehead atoms. The molecule has 6 heteroatoms. The zero-order valence-corrected chi connectivity index (χ0v) is 16.9. The fraction of sp³-hybridized carbons (Fsp3) is 0.227. The summed E-state index contributed by atoms with van der Waals surface area (Å²) < 4.78 is 21.5. The minimum Gasteiger partial charge on any atom is -0.493 e. The highest BCUT2D eigenvalue weighted by Crippen LogP contribution is 2.42. The summed E-state index contributed by atoms with van der Waals surface area (Å²) in [6, 6.07) is 10.0. The first-order valence-corrected chi connectivity index (χ1v) is 8.65. The Morgan fingerprint density at radius 2 is 1.54 bits per heavy atom. The Bertz CT molecular complexity index is 922. The van der Waals surface area contributed by atoms with Gasteiger partial charge in [-0.05, 0) is 48.9 Å². The molecule has 0 saturated carbocycles. The number of methoxy groups -OCH3 is 3. The normalized spacial score (nSPS) is 9.89. The van der Waals surface area contributed by atoms with Crippen LogP contribution in [0.4, 0.5) is 0 Å². The molecule has 2 aromatic carbocycles. The molecule has 0 aliphatic carbocycles. The molecule has 0 unspecified atom stereocenters. The Labute approximate surface area is 165 Å². The molecule has 28 heavy (non-hydrogen) atoms. The lowest BCUT2D eigenvalue weighted by Gasteiger charge is -2.14. The average Bonchev–Trinajstić information content (AvgIpc) is 3.19.